The van der Waals surface area contributed by atoms with E-state index in [0.717, 1.165) is 12.8 Å². The lowest BCUT2D eigenvalue weighted by molar-refractivity contribution is 0.0936. The Kier molecular flexibility index (Phi) is 3.85. The number of nitrogens with two attached hydrogens (primary N) is 1. The molecule has 1 unspecified atom stereocenters. The second-order valence-corrected chi connectivity index (χ2v) is 6.75. The van der Waals surface area contributed by atoms with Crippen LogP contribution in [0.4, 0.5) is 0 Å². The van der Waals surface area contributed by atoms with E-state index in [1.807, 2.05) is 6.92 Å². The van der Waals surface area contributed by atoms with Crippen LogP contribution in [0.3, 0.4) is 0 Å². The fourth-order valence-corrected chi connectivity index (χ4v) is 2.60. The Labute approximate surface area is 117 Å². The molecule has 1 saturated carbocycles. The number of carbonyl (C=O) groups excluding carboxylic acids is 1. The van der Waals surface area contributed by atoms with Crippen LogP contribution in [0.2, 0.25) is 5.02 Å². The van der Waals surface area contributed by atoms with Crippen molar-refractivity contribution in [3.05, 3.63) is 28.8 Å². The van der Waals surface area contributed by atoms with E-state index in [9.17, 15) is 13.2 Å². The van der Waals surface area contributed by atoms with E-state index in [-0.39, 0.29) is 27.4 Å². The number of benzene rings is 1. The van der Waals surface area contributed by atoms with Gasteiger partial charge in [0.1, 0.15) is 0 Å². The summed E-state index contributed by atoms with van der Waals surface area (Å²) in [5.41, 5.74) is 0.126. The quantitative estimate of drug-likeness (QED) is 0.883. The van der Waals surface area contributed by atoms with E-state index in [1.54, 1.807) is 0 Å². The van der Waals surface area contributed by atoms with Gasteiger partial charge in [0.25, 0.3) is 5.91 Å². The standard InChI is InChI=1S/C12H15ClN2O3S/c1-7(8-2-3-8)15-12(16)10-6-9(19(14,17)18)4-5-11(10)13/h4-8H,2-3H2,1H3,(H,15,16)(H2,14,17,18). The van der Waals surface area contributed by atoms with Gasteiger partial charge in [-0.1, -0.05) is 11.6 Å². The Balaban J connectivity index is 2.25. The van der Waals surface area contributed by atoms with Crippen LogP contribution < -0.4 is 10.5 Å². The molecule has 1 aliphatic carbocycles. The van der Waals surface area contributed by atoms with E-state index < -0.39 is 10.0 Å². The van der Waals surface area contributed by atoms with Gasteiger partial charge in [-0.15, -0.1) is 0 Å². The zero-order valence-corrected chi connectivity index (χ0v) is 12.0. The molecule has 0 aromatic heterocycles. The zero-order chi connectivity index (χ0) is 14.2. The highest BCUT2D eigenvalue weighted by Crippen LogP contribution is 2.32. The van der Waals surface area contributed by atoms with Crippen molar-refractivity contribution >= 4 is 27.5 Å². The number of amides is 1. The van der Waals surface area contributed by atoms with Crippen molar-refractivity contribution in [2.24, 2.45) is 11.1 Å². The molecule has 1 atom stereocenters. The van der Waals surface area contributed by atoms with Crippen LogP contribution in [0.1, 0.15) is 30.1 Å². The molecule has 1 amide bonds. The Morgan fingerprint density at radius 3 is 2.63 bits per heavy atom. The van der Waals surface area contributed by atoms with Crippen LogP contribution in [0.5, 0.6) is 0 Å². The maximum absolute atomic E-state index is 12.1. The van der Waals surface area contributed by atoms with Crippen LogP contribution >= 0.6 is 11.6 Å². The first-order chi connectivity index (χ1) is 8.79. The van der Waals surface area contributed by atoms with E-state index >= 15 is 0 Å². The largest absolute Gasteiger partial charge is 0.349 e. The minimum atomic E-state index is -3.85. The van der Waals surface area contributed by atoms with Gasteiger partial charge >= 0.3 is 0 Å². The molecule has 0 aliphatic heterocycles. The van der Waals surface area contributed by atoms with Gasteiger partial charge in [0.15, 0.2) is 0 Å². The fraction of sp³-hybridized carbons (Fsp3) is 0.417. The maximum atomic E-state index is 12.1. The molecule has 1 aromatic carbocycles. The minimum Gasteiger partial charge on any atom is -0.349 e. The molecule has 104 valence electrons. The average molecular weight is 303 g/mol. The summed E-state index contributed by atoms with van der Waals surface area (Å²) in [7, 11) is -3.85. The van der Waals surface area contributed by atoms with Gasteiger partial charge in [-0.2, -0.15) is 0 Å². The summed E-state index contributed by atoms with van der Waals surface area (Å²) in [6, 6.07) is 3.89. The number of halogens is 1. The third kappa shape index (κ3) is 3.46. The molecule has 3 N–H and O–H groups in total. The highest BCUT2D eigenvalue weighted by atomic mass is 35.5. The minimum absolute atomic E-state index is 0.0571. The van der Waals surface area contributed by atoms with Crippen LogP contribution in [0.15, 0.2) is 23.1 Å². The molecule has 1 aliphatic rings. The summed E-state index contributed by atoms with van der Waals surface area (Å²) in [5.74, 6) is 0.124. The Morgan fingerprint density at radius 1 is 1.47 bits per heavy atom. The number of hydrogen-bond acceptors (Lipinski definition) is 3. The van der Waals surface area contributed by atoms with Gasteiger partial charge in [0.2, 0.25) is 10.0 Å². The van der Waals surface area contributed by atoms with Gasteiger partial charge in [-0.3, -0.25) is 4.79 Å². The molecule has 5 nitrogen and oxygen atoms in total. The lowest BCUT2D eigenvalue weighted by Gasteiger charge is -2.14. The van der Waals surface area contributed by atoms with Crippen molar-refractivity contribution in [3.63, 3.8) is 0 Å². The first-order valence-electron chi connectivity index (χ1n) is 5.92. The average Bonchev–Trinajstić information content (AvgIpc) is 3.11. The molecule has 7 heteroatoms. The normalized spacial score (nSPS) is 17.0. The third-order valence-corrected chi connectivity index (χ3v) is 4.44. The van der Waals surface area contributed by atoms with Crippen molar-refractivity contribution in [2.45, 2.75) is 30.7 Å². The molecule has 0 bridgehead atoms. The Hall–Kier alpha value is -1.11. The Bertz CT molecular complexity index is 611. The molecular formula is C12H15ClN2O3S. The third-order valence-electron chi connectivity index (χ3n) is 3.20. The summed E-state index contributed by atoms with van der Waals surface area (Å²) >= 11 is 5.92. The molecule has 19 heavy (non-hydrogen) atoms. The zero-order valence-electron chi connectivity index (χ0n) is 10.4. The van der Waals surface area contributed by atoms with Crippen molar-refractivity contribution in [1.29, 1.82) is 0 Å². The second-order valence-electron chi connectivity index (χ2n) is 4.79. The van der Waals surface area contributed by atoms with E-state index in [2.05, 4.69) is 5.32 Å². The first kappa shape index (κ1) is 14.3. The van der Waals surface area contributed by atoms with E-state index in [1.165, 1.54) is 18.2 Å². The molecule has 1 fully saturated rings. The summed E-state index contributed by atoms with van der Waals surface area (Å²) < 4.78 is 22.5. The summed E-state index contributed by atoms with van der Waals surface area (Å²) in [5, 5.41) is 8.05. The van der Waals surface area contributed by atoms with Crippen molar-refractivity contribution in [1.82, 2.24) is 5.32 Å². The molecule has 0 saturated heterocycles. The topological polar surface area (TPSA) is 89.3 Å². The van der Waals surface area contributed by atoms with Crippen LogP contribution in [-0.4, -0.2) is 20.4 Å². The Morgan fingerprint density at radius 2 is 2.11 bits per heavy atom. The lowest BCUT2D eigenvalue weighted by atomic mass is 10.1. The summed E-state index contributed by atoms with van der Waals surface area (Å²) in [4.78, 5) is 11.9. The highest BCUT2D eigenvalue weighted by molar-refractivity contribution is 7.89. The number of sulfonamides is 1. The van der Waals surface area contributed by atoms with Gasteiger partial charge in [-0.05, 0) is 43.9 Å². The second kappa shape index (κ2) is 5.11. The van der Waals surface area contributed by atoms with Crippen molar-refractivity contribution in [3.8, 4) is 0 Å². The van der Waals surface area contributed by atoms with Gasteiger partial charge in [0, 0.05) is 6.04 Å². The van der Waals surface area contributed by atoms with Crippen LogP contribution in [-0.2, 0) is 10.0 Å². The van der Waals surface area contributed by atoms with Gasteiger partial charge < -0.3 is 5.32 Å². The van der Waals surface area contributed by atoms with Crippen molar-refractivity contribution < 1.29 is 13.2 Å². The first-order valence-corrected chi connectivity index (χ1v) is 7.84. The van der Waals surface area contributed by atoms with Crippen molar-refractivity contribution in [2.75, 3.05) is 0 Å². The number of primary sulfonamides is 1. The van der Waals surface area contributed by atoms with Gasteiger partial charge in [-0.25, -0.2) is 13.6 Å². The maximum Gasteiger partial charge on any atom is 0.253 e. The van der Waals surface area contributed by atoms with Crippen LogP contribution in [0, 0.1) is 5.92 Å². The molecular weight excluding hydrogens is 288 g/mol. The number of hydrogen-bond donors (Lipinski definition) is 2. The summed E-state index contributed by atoms with van der Waals surface area (Å²) in [6.45, 7) is 1.92. The molecule has 1 aromatic rings. The molecule has 2 rings (SSSR count). The molecule has 0 radical (unpaired) electrons. The predicted octanol–water partition coefficient (Wildman–Crippen LogP) is 1.52. The summed E-state index contributed by atoms with van der Waals surface area (Å²) in [6.07, 6.45) is 2.21. The van der Waals surface area contributed by atoms with E-state index in [4.69, 9.17) is 16.7 Å². The fourth-order valence-electron chi connectivity index (χ4n) is 1.85. The SMILES string of the molecule is CC(NC(=O)c1cc(S(N)(=O)=O)ccc1Cl)C1CC1. The highest BCUT2D eigenvalue weighted by Gasteiger charge is 2.29. The van der Waals surface area contributed by atoms with E-state index in [0.29, 0.717) is 5.92 Å². The number of rotatable bonds is 4. The smallest absolute Gasteiger partial charge is 0.253 e. The molecule has 0 spiro atoms. The van der Waals surface area contributed by atoms with Gasteiger partial charge in [0.05, 0.1) is 15.5 Å². The van der Waals surface area contributed by atoms with Crippen LogP contribution in [0.25, 0.3) is 0 Å². The predicted molar refractivity (Wildman–Crippen MR) is 72.5 cm³/mol. The number of carbonyl (C=O) groups is 1. The monoisotopic (exact) mass is 302 g/mol. The number of nitrogens with one attached hydrogen (secondary N) is 1. The lowest BCUT2D eigenvalue weighted by Crippen LogP contribution is -2.34. The molecule has 0 heterocycles.